The number of methoxy groups -OCH3 is 1. The topological polar surface area (TPSA) is 34.2 Å². The molecule has 0 fully saturated rings. The van der Waals surface area contributed by atoms with E-state index in [-0.39, 0.29) is 0 Å². The Morgan fingerprint density at radius 3 is 2.68 bits per heavy atom. The first kappa shape index (κ1) is 14.0. The van der Waals surface area contributed by atoms with Gasteiger partial charge in [-0.15, -0.1) is 11.3 Å². The zero-order valence-electron chi connectivity index (χ0n) is 11.6. The van der Waals surface area contributed by atoms with E-state index in [9.17, 15) is 0 Å². The molecule has 1 aromatic heterocycles. The highest BCUT2D eigenvalue weighted by atomic mass is 32.1. The molecule has 0 bridgehead atoms. The molecule has 1 atom stereocenters. The number of nitrogens with zero attached hydrogens (tertiary/aromatic N) is 1. The maximum atomic E-state index is 5.16. The van der Waals surface area contributed by atoms with Crippen molar-refractivity contribution in [1.82, 2.24) is 10.3 Å². The zero-order valence-corrected chi connectivity index (χ0v) is 12.5. The highest BCUT2D eigenvalue weighted by Crippen LogP contribution is 2.19. The summed E-state index contributed by atoms with van der Waals surface area (Å²) >= 11 is 1.80. The average Bonchev–Trinajstić information content (AvgIpc) is 2.86. The minimum atomic E-state index is 0.495. The molecule has 2 aromatic rings. The van der Waals surface area contributed by atoms with Crippen molar-refractivity contribution in [3.63, 3.8) is 0 Å². The fraction of sp³-hybridized carbons (Fsp3) is 0.400. The normalized spacial score (nSPS) is 12.4. The molecule has 1 heterocycles. The summed E-state index contributed by atoms with van der Waals surface area (Å²) in [7, 11) is 3.68. The third kappa shape index (κ3) is 4.04. The zero-order chi connectivity index (χ0) is 13.7. The Labute approximate surface area is 118 Å². The number of aromatic nitrogens is 1. The minimum Gasteiger partial charge on any atom is -0.497 e. The molecular formula is C15H20N2OS. The van der Waals surface area contributed by atoms with Crippen molar-refractivity contribution in [2.24, 2.45) is 0 Å². The maximum absolute atomic E-state index is 5.16. The van der Waals surface area contributed by atoms with E-state index in [2.05, 4.69) is 29.4 Å². The molecular weight excluding hydrogens is 256 g/mol. The molecule has 1 unspecified atom stereocenters. The Hall–Kier alpha value is -1.39. The molecule has 3 nitrogen and oxygen atoms in total. The van der Waals surface area contributed by atoms with Gasteiger partial charge in [0.15, 0.2) is 0 Å². The second-order valence-electron chi connectivity index (χ2n) is 4.64. The number of nitrogens with one attached hydrogen (secondary N) is 1. The quantitative estimate of drug-likeness (QED) is 0.881. The van der Waals surface area contributed by atoms with Crippen LogP contribution >= 0.6 is 11.3 Å². The lowest BCUT2D eigenvalue weighted by atomic mass is 10.1. The summed E-state index contributed by atoms with van der Waals surface area (Å²) in [4.78, 5) is 5.84. The van der Waals surface area contributed by atoms with Gasteiger partial charge in [0, 0.05) is 23.5 Å². The number of likely N-dealkylation sites (N-methyl/N-ethyl adjacent to an activating group) is 1. The predicted octanol–water partition coefficient (Wildman–Crippen LogP) is 2.89. The van der Waals surface area contributed by atoms with Crippen molar-refractivity contribution in [2.75, 3.05) is 14.2 Å². The van der Waals surface area contributed by atoms with Gasteiger partial charge in [-0.3, -0.25) is 0 Å². The van der Waals surface area contributed by atoms with Crippen LogP contribution in [0.1, 0.15) is 22.4 Å². The van der Waals surface area contributed by atoms with Crippen LogP contribution in [0.4, 0.5) is 0 Å². The van der Waals surface area contributed by atoms with E-state index in [4.69, 9.17) is 4.74 Å². The van der Waals surface area contributed by atoms with E-state index < -0.39 is 0 Å². The second kappa shape index (κ2) is 6.68. The second-order valence-corrected chi connectivity index (χ2v) is 5.84. The summed E-state index contributed by atoms with van der Waals surface area (Å²) in [6.07, 6.45) is 3.93. The Kier molecular flexibility index (Phi) is 4.93. The first-order valence-electron chi connectivity index (χ1n) is 6.45. The number of rotatable bonds is 6. The van der Waals surface area contributed by atoms with Gasteiger partial charge in [-0.2, -0.15) is 0 Å². The molecule has 2 rings (SSSR count). The number of thiazole rings is 1. The molecule has 0 aliphatic carbocycles. The molecule has 0 saturated heterocycles. The van der Waals surface area contributed by atoms with Gasteiger partial charge in [0.1, 0.15) is 5.75 Å². The van der Waals surface area contributed by atoms with Crippen molar-refractivity contribution in [1.29, 1.82) is 0 Å². The van der Waals surface area contributed by atoms with Crippen molar-refractivity contribution in [2.45, 2.75) is 25.8 Å². The Bertz CT molecular complexity index is 507. The lowest BCUT2D eigenvalue weighted by Gasteiger charge is -2.06. The molecule has 0 aliphatic heterocycles. The first-order valence-corrected chi connectivity index (χ1v) is 7.26. The largest absolute Gasteiger partial charge is 0.497 e. The molecule has 19 heavy (non-hydrogen) atoms. The van der Waals surface area contributed by atoms with Gasteiger partial charge in [0.25, 0.3) is 0 Å². The fourth-order valence-electron chi connectivity index (χ4n) is 1.85. The molecule has 0 radical (unpaired) electrons. The van der Waals surface area contributed by atoms with Crippen LogP contribution in [0.3, 0.4) is 0 Å². The maximum Gasteiger partial charge on any atom is 0.118 e. The molecule has 0 saturated carbocycles. The van der Waals surface area contributed by atoms with Gasteiger partial charge < -0.3 is 10.1 Å². The summed E-state index contributed by atoms with van der Waals surface area (Å²) in [6.45, 7) is 2.18. The van der Waals surface area contributed by atoms with Gasteiger partial charge in [0.05, 0.1) is 12.1 Å². The van der Waals surface area contributed by atoms with Crippen LogP contribution in [0.15, 0.2) is 30.5 Å². The third-order valence-corrected chi connectivity index (χ3v) is 4.14. The molecule has 0 aliphatic rings. The summed E-state index contributed by atoms with van der Waals surface area (Å²) in [5, 5.41) is 4.42. The van der Waals surface area contributed by atoms with E-state index in [1.54, 1.807) is 18.4 Å². The van der Waals surface area contributed by atoms with Crippen LogP contribution in [0, 0.1) is 0 Å². The van der Waals surface area contributed by atoms with Crippen molar-refractivity contribution in [3.05, 3.63) is 45.9 Å². The van der Waals surface area contributed by atoms with Crippen LogP contribution in [0.5, 0.6) is 5.75 Å². The van der Waals surface area contributed by atoms with E-state index in [0.717, 1.165) is 18.6 Å². The Balaban J connectivity index is 1.98. The highest BCUT2D eigenvalue weighted by Gasteiger charge is 2.06. The summed E-state index contributed by atoms with van der Waals surface area (Å²) < 4.78 is 5.16. The Morgan fingerprint density at radius 2 is 2.05 bits per heavy atom. The molecule has 1 N–H and O–H groups in total. The summed E-state index contributed by atoms with van der Waals surface area (Å²) in [5.74, 6) is 0.895. The van der Waals surface area contributed by atoms with Crippen LogP contribution in [-0.2, 0) is 12.8 Å². The van der Waals surface area contributed by atoms with E-state index >= 15 is 0 Å². The molecule has 1 aromatic carbocycles. The SMILES string of the molecule is CNC(C)Cc1cnc(Cc2ccc(OC)cc2)s1. The number of benzene rings is 1. The molecule has 0 spiro atoms. The smallest absolute Gasteiger partial charge is 0.118 e. The van der Waals surface area contributed by atoms with Gasteiger partial charge in [-0.05, 0) is 38.1 Å². The molecule has 102 valence electrons. The van der Waals surface area contributed by atoms with Crippen LogP contribution in [0.2, 0.25) is 0 Å². The average molecular weight is 276 g/mol. The summed E-state index contributed by atoms with van der Waals surface area (Å²) in [6, 6.07) is 8.67. The number of hydrogen-bond donors (Lipinski definition) is 1. The van der Waals surface area contributed by atoms with Crippen LogP contribution in [-0.4, -0.2) is 25.2 Å². The lowest BCUT2D eigenvalue weighted by molar-refractivity contribution is 0.414. The fourth-order valence-corrected chi connectivity index (χ4v) is 2.93. The van der Waals surface area contributed by atoms with E-state index in [1.807, 2.05) is 25.4 Å². The van der Waals surface area contributed by atoms with Crippen molar-refractivity contribution in [3.8, 4) is 5.75 Å². The minimum absolute atomic E-state index is 0.495. The third-order valence-electron chi connectivity index (χ3n) is 3.12. The van der Waals surface area contributed by atoms with Gasteiger partial charge in [-0.25, -0.2) is 4.98 Å². The highest BCUT2D eigenvalue weighted by molar-refractivity contribution is 7.11. The Morgan fingerprint density at radius 1 is 1.32 bits per heavy atom. The molecule has 0 amide bonds. The molecule has 4 heteroatoms. The lowest BCUT2D eigenvalue weighted by Crippen LogP contribution is -2.22. The van der Waals surface area contributed by atoms with Gasteiger partial charge in [0.2, 0.25) is 0 Å². The van der Waals surface area contributed by atoms with Crippen LogP contribution in [0.25, 0.3) is 0 Å². The summed E-state index contributed by atoms with van der Waals surface area (Å²) in [5.41, 5.74) is 1.27. The van der Waals surface area contributed by atoms with Crippen LogP contribution < -0.4 is 10.1 Å². The predicted molar refractivity (Wildman–Crippen MR) is 80.1 cm³/mol. The van der Waals surface area contributed by atoms with E-state index in [0.29, 0.717) is 6.04 Å². The first-order chi connectivity index (χ1) is 9.21. The van der Waals surface area contributed by atoms with Gasteiger partial charge >= 0.3 is 0 Å². The van der Waals surface area contributed by atoms with E-state index in [1.165, 1.54) is 15.4 Å². The number of hydrogen-bond acceptors (Lipinski definition) is 4. The van der Waals surface area contributed by atoms with Gasteiger partial charge in [-0.1, -0.05) is 12.1 Å². The standard InChI is InChI=1S/C15H20N2OS/c1-11(16-2)8-14-10-17-15(19-14)9-12-4-6-13(18-3)7-5-12/h4-7,10-11,16H,8-9H2,1-3H3. The monoisotopic (exact) mass is 276 g/mol. The van der Waals surface area contributed by atoms with Crippen molar-refractivity contribution < 1.29 is 4.74 Å². The number of ether oxygens (including phenoxy) is 1. The van der Waals surface area contributed by atoms with Crippen molar-refractivity contribution >= 4 is 11.3 Å².